The fourth-order valence-corrected chi connectivity index (χ4v) is 4.31. The van der Waals surface area contributed by atoms with Crippen LogP contribution in [0.1, 0.15) is 12.8 Å². The highest BCUT2D eigenvalue weighted by Crippen LogP contribution is 2.16. The van der Waals surface area contributed by atoms with Crippen LogP contribution in [0.4, 0.5) is 0 Å². The number of hydrogen-bond acceptors (Lipinski definition) is 5. The van der Waals surface area contributed by atoms with Crippen LogP contribution in [-0.2, 0) is 19.4 Å². The van der Waals surface area contributed by atoms with Gasteiger partial charge >= 0.3 is 0 Å². The highest BCUT2D eigenvalue weighted by atomic mass is 32.2. The lowest BCUT2D eigenvalue weighted by molar-refractivity contribution is -0.130. The second kappa shape index (κ2) is 6.19. The smallest absolute Gasteiger partial charge is 0.236 e. The molecule has 2 atom stereocenters. The summed E-state index contributed by atoms with van der Waals surface area (Å²) in [4.78, 5) is 13.5. The Hall–Kier alpha value is -0.660. The Morgan fingerprint density at radius 2 is 2.21 bits per heavy atom. The molecular weight excluding hydrogens is 268 g/mol. The highest BCUT2D eigenvalue weighted by Gasteiger charge is 2.32. The Morgan fingerprint density at radius 1 is 1.42 bits per heavy atom. The third-order valence-corrected chi connectivity index (χ3v) is 5.63. The van der Waals surface area contributed by atoms with Gasteiger partial charge in [0.1, 0.15) is 0 Å². The van der Waals surface area contributed by atoms with Crippen molar-refractivity contribution in [3.63, 3.8) is 0 Å². The predicted molar refractivity (Wildman–Crippen MR) is 71.6 cm³/mol. The molecule has 0 aromatic rings. The minimum atomic E-state index is -2.94. The van der Waals surface area contributed by atoms with Crippen LogP contribution in [0.25, 0.3) is 0 Å². The summed E-state index contributed by atoms with van der Waals surface area (Å²) in [5.41, 5.74) is 0. The number of nitrogens with one attached hydrogen (secondary N) is 1. The van der Waals surface area contributed by atoms with Gasteiger partial charge in [0.2, 0.25) is 5.91 Å². The van der Waals surface area contributed by atoms with E-state index < -0.39 is 9.84 Å². The molecule has 1 N–H and O–H groups in total. The van der Waals surface area contributed by atoms with Crippen LogP contribution in [0, 0.1) is 5.92 Å². The first-order valence-corrected chi connectivity index (χ1v) is 8.54. The van der Waals surface area contributed by atoms with E-state index in [1.54, 1.807) is 11.9 Å². The Bertz CT molecular complexity index is 417. The van der Waals surface area contributed by atoms with Gasteiger partial charge in [-0.3, -0.25) is 4.79 Å². The maximum atomic E-state index is 12.0. The average Bonchev–Trinajstić information content (AvgIpc) is 2.97. The highest BCUT2D eigenvalue weighted by molar-refractivity contribution is 7.91. The van der Waals surface area contributed by atoms with Crippen LogP contribution >= 0.6 is 0 Å². The van der Waals surface area contributed by atoms with Gasteiger partial charge in [0.25, 0.3) is 0 Å². The number of nitrogens with zero attached hydrogens (tertiary/aromatic N) is 1. The second-order valence-corrected chi connectivity index (χ2v) is 7.65. The monoisotopic (exact) mass is 290 g/mol. The molecule has 0 aliphatic carbocycles. The van der Waals surface area contributed by atoms with E-state index in [0.717, 1.165) is 26.2 Å². The van der Waals surface area contributed by atoms with Gasteiger partial charge in [-0.05, 0) is 18.8 Å². The third-order valence-electron chi connectivity index (χ3n) is 3.88. The average molecular weight is 290 g/mol. The van der Waals surface area contributed by atoms with Gasteiger partial charge in [0.15, 0.2) is 9.84 Å². The van der Waals surface area contributed by atoms with Gasteiger partial charge in [0.05, 0.1) is 24.7 Å². The van der Waals surface area contributed by atoms with Crippen LogP contribution in [0.5, 0.6) is 0 Å². The molecule has 0 saturated carbocycles. The number of hydrogen-bond donors (Lipinski definition) is 1. The number of rotatable bonds is 5. The van der Waals surface area contributed by atoms with Crippen molar-refractivity contribution in [3.8, 4) is 0 Å². The fourth-order valence-electron chi connectivity index (χ4n) is 2.54. The van der Waals surface area contributed by atoms with Crippen molar-refractivity contribution >= 4 is 15.7 Å². The largest absolute Gasteiger partial charge is 0.381 e. The molecule has 2 rings (SSSR count). The van der Waals surface area contributed by atoms with Crippen molar-refractivity contribution in [1.82, 2.24) is 10.2 Å². The molecule has 2 unspecified atom stereocenters. The molecule has 2 aliphatic rings. The minimum absolute atomic E-state index is 0.0407. The summed E-state index contributed by atoms with van der Waals surface area (Å²) in [5, 5.41) is 3.13. The fraction of sp³-hybridized carbons (Fsp3) is 0.917. The second-order valence-electron chi connectivity index (χ2n) is 5.42. The first kappa shape index (κ1) is 14.7. The zero-order valence-corrected chi connectivity index (χ0v) is 12.1. The topological polar surface area (TPSA) is 75.7 Å². The van der Waals surface area contributed by atoms with Gasteiger partial charge in [-0.2, -0.15) is 0 Å². The van der Waals surface area contributed by atoms with Crippen molar-refractivity contribution in [2.45, 2.75) is 18.9 Å². The number of carbonyl (C=O) groups is 1. The number of amides is 1. The zero-order chi connectivity index (χ0) is 13.9. The molecule has 2 saturated heterocycles. The van der Waals surface area contributed by atoms with Crippen molar-refractivity contribution in [2.75, 3.05) is 44.9 Å². The summed E-state index contributed by atoms with van der Waals surface area (Å²) in [5.74, 6) is 0.749. The van der Waals surface area contributed by atoms with Crippen molar-refractivity contribution in [3.05, 3.63) is 0 Å². The van der Waals surface area contributed by atoms with Gasteiger partial charge in [-0.25, -0.2) is 8.42 Å². The molecule has 0 radical (unpaired) electrons. The lowest BCUT2D eigenvalue weighted by atomic mass is 10.1. The molecule has 6 nitrogen and oxygen atoms in total. The molecule has 0 bridgehead atoms. The third kappa shape index (κ3) is 4.15. The van der Waals surface area contributed by atoms with Gasteiger partial charge in [-0.15, -0.1) is 0 Å². The molecule has 110 valence electrons. The molecular formula is C12H22N2O4S. The molecule has 0 aromatic heterocycles. The summed E-state index contributed by atoms with van der Waals surface area (Å²) in [6, 6.07) is -0.158. The summed E-state index contributed by atoms with van der Waals surface area (Å²) in [6.07, 6.45) is 1.60. The Kier molecular flexibility index (Phi) is 4.81. The number of likely N-dealkylation sites (N-methyl/N-ethyl adjacent to an activating group) is 1. The number of carbonyl (C=O) groups excluding carboxylic acids is 1. The van der Waals surface area contributed by atoms with Crippen LogP contribution in [0.3, 0.4) is 0 Å². The Morgan fingerprint density at radius 3 is 2.79 bits per heavy atom. The van der Waals surface area contributed by atoms with Crippen LogP contribution in [0.2, 0.25) is 0 Å². The van der Waals surface area contributed by atoms with Crippen LogP contribution in [-0.4, -0.2) is 70.1 Å². The molecule has 19 heavy (non-hydrogen) atoms. The van der Waals surface area contributed by atoms with Crippen molar-refractivity contribution < 1.29 is 17.9 Å². The molecule has 2 heterocycles. The lowest BCUT2D eigenvalue weighted by Crippen LogP contribution is -2.43. The van der Waals surface area contributed by atoms with Crippen LogP contribution in [0.15, 0.2) is 0 Å². The zero-order valence-electron chi connectivity index (χ0n) is 11.3. The summed E-state index contributed by atoms with van der Waals surface area (Å²) in [6.45, 7) is 2.62. The van der Waals surface area contributed by atoms with E-state index in [-0.39, 0.29) is 30.0 Å². The molecule has 1 amide bonds. The standard InChI is InChI=1S/C12H22N2O4S/c1-14(11-3-5-19(16,17)9-11)12(15)7-13-6-10-2-4-18-8-10/h10-11,13H,2-9H2,1H3. The Labute approximate surface area is 114 Å². The lowest BCUT2D eigenvalue weighted by Gasteiger charge is -2.23. The maximum Gasteiger partial charge on any atom is 0.236 e. The van der Waals surface area contributed by atoms with E-state index in [1.165, 1.54) is 0 Å². The van der Waals surface area contributed by atoms with Gasteiger partial charge in [-0.1, -0.05) is 0 Å². The minimum Gasteiger partial charge on any atom is -0.381 e. The van der Waals surface area contributed by atoms with Gasteiger partial charge < -0.3 is 15.0 Å². The summed E-state index contributed by atoms with van der Waals surface area (Å²) < 4.78 is 28.0. The van der Waals surface area contributed by atoms with E-state index in [2.05, 4.69) is 5.32 Å². The van der Waals surface area contributed by atoms with Crippen molar-refractivity contribution in [1.29, 1.82) is 0 Å². The Balaban J connectivity index is 1.70. The SMILES string of the molecule is CN(C(=O)CNCC1CCOC1)C1CCS(=O)(=O)C1. The first-order chi connectivity index (χ1) is 8.98. The predicted octanol–water partition coefficient (Wildman–Crippen LogP) is -0.742. The van der Waals surface area contributed by atoms with E-state index in [0.29, 0.717) is 12.3 Å². The number of ether oxygens (including phenoxy) is 1. The maximum absolute atomic E-state index is 12.0. The van der Waals surface area contributed by atoms with Crippen molar-refractivity contribution in [2.24, 2.45) is 5.92 Å². The first-order valence-electron chi connectivity index (χ1n) is 6.72. The normalized spacial score (nSPS) is 29.5. The van der Waals surface area contributed by atoms with E-state index >= 15 is 0 Å². The molecule has 2 aliphatic heterocycles. The summed E-state index contributed by atoms with van der Waals surface area (Å²) in [7, 11) is -1.25. The van der Waals surface area contributed by atoms with E-state index in [4.69, 9.17) is 4.74 Å². The van der Waals surface area contributed by atoms with E-state index in [9.17, 15) is 13.2 Å². The number of sulfone groups is 1. The van der Waals surface area contributed by atoms with Crippen LogP contribution < -0.4 is 5.32 Å². The molecule has 7 heteroatoms. The summed E-state index contributed by atoms with van der Waals surface area (Å²) >= 11 is 0. The molecule has 0 spiro atoms. The molecule has 2 fully saturated rings. The van der Waals surface area contributed by atoms with Gasteiger partial charge in [0, 0.05) is 26.2 Å². The quantitative estimate of drug-likeness (QED) is 0.721. The molecule has 0 aromatic carbocycles. The van der Waals surface area contributed by atoms with E-state index in [1.807, 2.05) is 0 Å².